The van der Waals surface area contributed by atoms with Crippen molar-refractivity contribution in [3.8, 4) is 17.2 Å². The van der Waals surface area contributed by atoms with Crippen LogP contribution in [0.2, 0.25) is 0 Å². The third-order valence-electron chi connectivity index (χ3n) is 5.04. The van der Waals surface area contributed by atoms with E-state index in [0.717, 1.165) is 5.56 Å². The third-order valence-corrected chi connectivity index (χ3v) is 5.04. The van der Waals surface area contributed by atoms with Crippen LogP contribution in [0.3, 0.4) is 0 Å². The van der Waals surface area contributed by atoms with Gasteiger partial charge in [-0.25, -0.2) is 0 Å². The molecule has 1 N–H and O–H groups in total. The topological polar surface area (TPSA) is 82.1 Å². The Labute approximate surface area is 170 Å². The van der Waals surface area contributed by atoms with Crippen molar-refractivity contribution >= 4 is 11.9 Å². The molecule has 6 nitrogen and oxygen atoms in total. The quantitative estimate of drug-likeness (QED) is 0.566. The van der Waals surface area contributed by atoms with Crippen molar-refractivity contribution in [1.82, 2.24) is 0 Å². The van der Waals surface area contributed by atoms with Crippen LogP contribution in [0.15, 0.2) is 48.5 Å². The SMILES string of the molecule is Cc1ccc(OC(=O)C2CCC(C(=O)Oc3ccc(OCCO)cc3)CC2)cc1. The Hall–Kier alpha value is -2.86. The molecule has 0 spiro atoms. The first-order chi connectivity index (χ1) is 14.0. The Balaban J connectivity index is 1.45. The number of hydrogen-bond acceptors (Lipinski definition) is 6. The summed E-state index contributed by atoms with van der Waals surface area (Å²) in [4.78, 5) is 24.8. The zero-order valence-electron chi connectivity index (χ0n) is 16.5. The number of esters is 2. The van der Waals surface area contributed by atoms with Crippen LogP contribution >= 0.6 is 0 Å². The molecule has 1 saturated carbocycles. The van der Waals surface area contributed by atoms with Gasteiger partial charge in [0.25, 0.3) is 0 Å². The van der Waals surface area contributed by atoms with Crippen molar-refractivity contribution in [2.45, 2.75) is 32.6 Å². The zero-order chi connectivity index (χ0) is 20.6. The number of benzene rings is 2. The van der Waals surface area contributed by atoms with Crippen LogP contribution in [0.1, 0.15) is 31.2 Å². The molecule has 2 aromatic carbocycles. The van der Waals surface area contributed by atoms with Gasteiger partial charge in [0.1, 0.15) is 23.9 Å². The van der Waals surface area contributed by atoms with Gasteiger partial charge in [-0.15, -0.1) is 0 Å². The monoisotopic (exact) mass is 398 g/mol. The molecular formula is C23H26O6. The van der Waals surface area contributed by atoms with Gasteiger partial charge in [-0.2, -0.15) is 0 Å². The van der Waals surface area contributed by atoms with E-state index in [1.165, 1.54) is 0 Å². The van der Waals surface area contributed by atoms with Crippen LogP contribution in [-0.4, -0.2) is 30.3 Å². The normalized spacial score (nSPS) is 18.7. The fourth-order valence-electron chi connectivity index (χ4n) is 3.34. The van der Waals surface area contributed by atoms with E-state index in [9.17, 15) is 9.59 Å². The molecule has 0 aliphatic heterocycles. The maximum Gasteiger partial charge on any atom is 0.314 e. The highest BCUT2D eigenvalue weighted by Crippen LogP contribution is 2.31. The minimum Gasteiger partial charge on any atom is -0.491 e. The molecule has 3 rings (SSSR count). The van der Waals surface area contributed by atoms with Gasteiger partial charge in [0.2, 0.25) is 0 Å². The molecule has 1 fully saturated rings. The van der Waals surface area contributed by atoms with Crippen molar-refractivity contribution in [2.75, 3.05) is 13.2 Å². The zero-order valence-corrected chi connectivity index (χ0v) is 16.5. The first-order valence-corrected chi connectivity index (χ1v) is 9.89. The summed E-state index contributed by atoms with van der Waals surface area (Å²) in [7, 11) is 0. The molecule has 0 saturated heterocycles. The second kappa shape index (κ2) is 10.1. The Kier molecular flexibility index (Phi) is 7.25. The summed E-state index contributed by atoms with van der Waals surface area (Å²) in [5, 5.41) is 8.76. The molecule has 0 aromatic heterocycles. The van der Waals surface area contributed by atoms with Gasteiger partial charge in [-0.05, 0) is 69.0 Å². The Morgan fingerprint density at radius 2 is 1.21 bits per heavy atom. The molecule has 0 radical (unpaired) electrons. The summed E-state index contributed by atoms with van der Waals surface area (Å²) in [6, 6.07) is 14.1. The Morgan fingerprint density at radius 3 is 1.66 bits per heavy atom. The van der Waals surface area contributed by atoms with Crippen LogP contribution < -0.4 is 14.2 Å². The standard InChI is InChI=1S/C23H26O6/c1-16-2-8-20(9-3-16)28-22(25)17-4-6-18(7-5-17)23(26)29-21-12-10-19(11-13-21)27-15-14-24/h2-3,8-13,17-18,24H,4-7,14-15H2,1H3. The highest BCUT2D eigenvalue weighted by Gasteiger charge is 2.32. The Morgan fingerprint density at radius 1 is 0.793 bits per heavy atom. The number of aryl methyl sites for hydroxylation is 1. The van der Waals surface area contributed by atoms with Crippen LogP contribution in [0.4, 0.5) is 0 Å². The number of carbonyl (C=O) groups is 2. The second-order valence-electron chi connectivity index (χ2n) is 7.25. The number of hydrogen-bond donors (Lipinski definition) is 1. The summed E-state index contributed by atoms with van der Waals surface area (Å²) in [6.45, 7) is 2.14. The highest BCUT2D eigenvalue weighted by molar-refractivity contribution is 5.77. The van der Waals surface area contributed by atoms with E-state index in [2.05, 4.69) is 0 Å². The maximum atomic E-state index is 12.4. The summed E-state index contributed by atoms with van der Waals surface area (Å²) >= 11 is 0. The minimum atomic E-state index is -0.278. The van der Waals surface area contributed by atoms with Crippen LogP contribution in [0.5, 0.6) is 17.2 Å². The molecule has 6 heteroatoms. The van der Waals surface area contributed by atoms with Crippen LogP contribution in [-0.2, 0) is 9.59 Å². The van der Waals surface area contributed by atoms with Gasteiger partial charge in [0.15, 0.2) is 0 Å². The molecular weight excluding hydrogens is 372 g/mol. The summed E-state index contributed by atoms with van der Waals surface area (Å²) < 4.78 is 16.2. The molecule has 154 valence electrons. The van der Waals surface area contributed by atoms with Crippen molar-refractivity contribution in [3.05, 3.63) is 54.1 Å². The van der Waals surface area contributed by atoms with E-state index in [1.54, 1.807) is 36.4 Å². The number of carbonyl (C=O) groups excluding carboxylic acids is 2. The largest absolute Gasteiger partial charge is 0.491 e. The first kappa shape index (κ1) is 20.9. The van der Waals surface area contributed by atoms with E-state index in [4.69, 9.17) is 19.3 Å². The fraction of sp³-hybridized carbons (Fsp3) is 0.391. The van der Waals surface area contributed by atoms with E-state index in [-0.39, 0.29) is 37.0 Å². The minimum absolute atomic E-state index is 0.0576. The summed E-state index contributed by atoms with van der Waals surface area (Å²) in [5.74, 6) is 0.679. The summed E-state index contributed by atoms with van der Waals surface area (Å²) in [5.41, 5.74) is 1.11. The maximum absolute atomic E-state index is 12.4. The van der Waals surface area contributed by atoms with E-state index in [1.807, 2.05) is 19.1 Å². The molecule has 0 amide bonds. The van der Waals surface area contributed by atoms with Crippen molar-refractivity contribution in [3.63, 3.8) is 0 Å². The van der Waals surface area contributed by atoms with Crippen LogP contribution in [0.25, 0.3) is 0 Å². The fourth-order valence-corrected chi connectivity index (χ4v) is 3.34. The highest BCUT2D eigenvalue weighted by atomic mass is 16.5. The lowest BCUT2D eigenvalue weighted by Gasteiger charge is -2.25. The molecule has 1 aliphatic rings. The molecule has 0 unspecified atom stereocenters. The number of rotatable bonds is 7. The lowest BCUT2D eigenvalue weighted by molar-refractivity contribution is -0.145. The van der Waals surface area contributed by atoms with Gasteiger partial charge in [-0.1, -0.05) is 17.7 Å². The molecule has 0 atom stereocenters. The average molecular weight is 398 g/mol. The Bertz CT molecular complexity index is 804. The molecule has 29 heavy (non-hydrogen) atoms. The molecule has 1 aliphatic carbocycles. The lowest BCUT2D eigenvalue weighted by atomic mass is 9.82. The number of aliphatic hydroxyl groups excluding tert-OH is 1. The van der Waals surface area contributed by atoms with Crippen molar-refractivity contribution < 1.29 is 28.9 Å². The second-order valence-corrected chi connectivity index (χ2v) is 7.25. The van der Waals surface area contributed by atoms with Crippen molar-refractivity contribution in [2.24, 2.45) is 11.8 Å². The molecule has 0 heterocycles. The van der Waals surface area contributed by atoms with Gasteiger partial charge in [0, 0.05) is 0 Å². The number of ether oxygens (including phenoxy) is 3. The van der Waals surface area contributed by atoms with Gasteiger partial charge >= 0.3 is 11.9 Å². The third kappa shape index (κ3) is 6.06. The predicted octanol–water partition coefficient (Wildman–Crippen LogP) is 3.68. The van der Waals surface area contributed by atoms with Gasteiger partial charge in [0.05, 0.1) is 18.4 Å². The van der Waals surface area contributed by atoms with Crippen LogP contribution in [0, 0.1) is 18.8 Å². The lowest BCUT2D eigenvalue weighted by Crippen LogP contribution is -2.30. The van der Waals surface area contributed by atoms with E-state index >= 15 is 0 Å². The smallest absolute Gasteiger partial charge is 0.314 e. The molecule has 2 aromatic rings. The predicted molar refractivity (Wildman–Crippen MR) is 107 cm³/mol. The molecule has 0 bridgehead atoms. The van der Waals surface area contributed by atoms with Gasteiger partial charge < -0.3 is 19.3 Å². The first-order valence-electron chi connectivity index (χ1n) is 9.89. The van der Waals surface area contributed by atoms with E-state index < -0.39 is 0 Å². The van der Waals surface area contributed by atoms with E-state index in [0.29, 0.717) is 42.9 Å². The number of aliphatic hydroxyl groups is 1. The van der Waals surface area contributed by atoms with Crippen molar-refractivity contribution in [1.29, 1.82) is 0 Å². The average Bonchev–Trinajstić information content (AvgIpc) is 2.75. The van der Waals surface area contributed by atoms with Gasteiger partial charge in [-0.3, -0.25) is 9.59 Å². The summed E-state index contributed by atoms with van der Waals surface area (Å²) in [6.07, 6.45) is 2.42.